The summed E-state index contributed by atoms with van der Waals surface area (Å²) in [7, 11) is 3.62. The third-order valence-corrected chi connectivity index (χ3v) is 4.12. The van der Waals surface area contributed by atoms with Gasteiger partial charge >= 0.3 is 0 Å². The van der Waals surface area contributed by atoms with Crippen LogP contribution in [0.3, 0.4) is 0 Å². The predicted molar refractivity (Wildman–Crippen MR) is 92.1 cm³/mol. The van der Waals surface area contributed by atoms with Crippen LogP contribution < -0.4 is 16.0 Å². The van der Waals surface area contributed by atoms with Gasteiger partial charge in [0.15, 0.2) is 5.96 Å². The number of aliphatic imine (C=N–C) groups is 1. The molecule has 118 valence electrons. The summed E-state index contributed by atoms with van der Waals surface area (Å²) in [5, 5.41) is 5.12. The Balaban J connectivity index is 1.83. The van der Waals surface area contributed by atoms with Crippen molar-refractivity contribution in [3.05, 3.63) is 52.0 Å². The predicted octanol–water partition coefficient (Wildman–Crippen LogP) is 2.60. The summed E-state index contributed by atoms with van der Waals surface area (Å²) >= 11 is 1.72. The summed E-state index contributed by atoms with van der Waals surface area (Å²) in [6.45, 7) is 1.10. The SMILES string of the molecule is CN(C)c1ccc(CN=C(N)NCCc2cccs2)cc1F. The van der Waals surface area contributed by atoms with Gasteiger partial charge in [-0.15, -0.1) is 11.3 Å². The van der Waals surface area contributed by atoms with Crippen LogP contribution in [-0.2, 0) is 13.0 Å². The van der Waals surface area contributed by atoms with Crippen LogP contribution in [0.4, 0.5) is 10.1 Å². The highest BCUT2D eigenvalue weighted by atomic mass is 32.1. The zero-order valence-electron chi connectivity index (χ0n) is 12.8. The Kier molecular flexibility index (Phi) is 5.77. The van der Waals surface area contributed by atoms with Crippen LogP contribution in [-0.4, -0.2) is 26.6 Å². The van der Waals surface area contributed by atoms with E-state index in [0.29, 0.717) is 18.2 Å². The minimum atomic E-state index is -0.248. The highest BCUT2D eigenvalue weighted by molar-refractivity contribution is 7.09. The third kappa shape index (κ3) is 4.73. The normalized spacial score (nSPS) is 11.5. The lowest BCUT2D eigenvalue weighted by molar-refractivity contribution is 0.624. The van der Waals surface area contributed by atoms with E-state index in [0.717, 1.165) is 18.5 Å². The van der Waals surface area contributed by atoms with Crippen molar-refractivity contribution in [3.63, 3.8) is 0 Å². The van der Waals surface area contributed by atoms with Gasteiger partial charge in [-0.05, 0) is 35.6 Å². The molecule has 3 N–H and O–H groups in total. The molecule has 0 fully saturated rings. The van der Waals surface area contributed by atoms with E-state index in [1.54, 1.807) is 22.3 Å². The van der Waals surface area contributed by atoms with Gasteiger partial charge in [-0.25, -0.2) is 9.38 Å². The lowest BCUT2D eigenvalue weighted by Crippen LogP contribution is -2.33. The van der Waals surface area contributed by atoms with E-state index >= 15 is 0 Å². The molecule has 22 heavy (non-hydrogen) atoms. The molecule has 0 amide bonds. The van der Waals surface area contributed by atoms with Gasteiger partial charge in [0.1, 0.15) is 5.82 Å². The highest BCUT2D eigenvalue weighted by Gasteiger charge is 2.05. The Hall–Kier alpha value is -2.08. The zero-order chi connectivity index (χ0) is 15.9. The van der Waals surface area contributed by atoms with Crippen LogP contribution in [0, 0.1) is 5.82 Å². The molecule has 0 aliphatic rings. The molecular weight excluding hydrogens is 299 g/mol. The standard InChI is InChI=1S/C16H21FN4S/c1-21(2)15-6-5-12(10-14(15)17)11-20-16(18)19-8-7-13-4-3-9-22-13/h3-6,9-10H,7-8,11H2,1-2H3,(H3,18,19,20). The molecule has 0 aliphatic heterocycles. The highest BCUT2D eigenvalue weighted by Crippen LogP contribution is 2.18. The van der Waals surface area contributed by atoms with Crippen LogP contribution in [0.5, 0.6) is 0 Å². The zero-order valence-corrected chi connectivity index (χ0v) is 13.7. The van der Waals surface area contributed by atoms with Crippen molar-refractivity contribution in [1.29, 1.82) is 0 Å². The van der Waals surface area contributed by atoms with Crippen molar-refractivity contribution >= 4 is 23.0 Å². The number of anilines is 1. The average molecular weight is 320 g/mol. The van der Waals surface area contributed by atoms with E-state index in [4.69, 9.17) is 5.73 Å². The van der Waals surface area contributed by atoms with Crippen LogP contribution >= 0.6 is 11.3 Å². The molecule has 4 nitrogen and oxygen atoms in total. The lowest BCUT2D eigenvalue weighted by Gasteiger charge is -2.13. The van der Waals surface area contributed by atoms with Crippen LogP contribution in [0.1, 0.15) is 10.4 Å². The maximum atomic E-state index is 13.8. The van der Waals surface area contributed by atoms with Gasteiger partial charge in [0, 0.05) is 25.5 Å². The first-order valence-corrected chi connectivity index (χ1v) is 7.96. The minimum Gasteiger partial charge on any atom is -0.375 e. The van der Waals surface area contributed by atoms with Gasteiger partial charge in [-0.1, -0.05) is 12.1 Å². The Morgan fingerprint density at radius 3 is 2.82 bits per heavy atom. The van der Waals surface area contributed by atoms with E-state index in [2.05, 4.69) is 21.8 Å². The molecule has 1 aromatic carbocycles. The summed E-state index contributed by atoms with van der Waals surface area (Å²) in [5.41, 5.74) is 7.18. The minimum absolute atomic E-state index is 0.248. The summed E-state index contributed by atoms with van der Waals surface area (Å²) in [6.07, 6.45) is 0.917. The molecule has 0 bridgehead atoms. The molecule has 0 radical (unpaired) electrons. The molecule has 1 heterocycles. The fourth-order valence-corrected chi connectivity index (χ4v) is 2.72. The average Bonchev–Trinajstić information content (AvgIpc) is 2.98. The van der Waals surface area contributed by atoms with Gasteiger partial charge < -0.3 is 16.0 Å². The van der Waals surface area contributed by atoms with Crippen molar-refractivity contribution < 1.29 is 4.39 Å². The quantitative estimate of drug-likeness (QED) is 0.635. The van der Waals surface area contributed by atoms with E-state index in [1.165, 1.54) is 10.9 Å². The first kappa shape index (κ1) is 16.3. The molecule has 1 aromatic heterocycles. The fourth-order valence-electron chi connectivity index (χ4n) is 2.01. The molecule has 0 saturated carbocycles. The maximum absolute atomic E-state index is 13.8. The number of guanidine groups is 1. The van der Waals surface area contributed by atoms with Gasteiger partial charge in [0.05, 0.1) is 12.2 Å². The van der Waals surface area contributed by atoms with Crippen molar-refractivity contribution in [2.24, 2.45) is 10.7 Å². The second-order valence-electron chi connectivity index (χ2n) is 5.14. The van der Waals surface area contributed by atoms with Gasteiger partial charge in [-0.2, -0.15) is 0 Å². The van der Waals surface area contributed by atoms with Gasteiger partial charge in [-0.3, -0.25) is 0 Å². The topological polar surface area (TPSA) is 53.6 Å². The second kappa shape index (κ2) is 7.79. The molecular formula is C16H21FN4S. The molecule has 0 spiro atoms. The first-order chi connectivity index (χ1) is 10.6. The number of nitrogens with one attached hydrogen (secondary N) is 1. The van der Waals surface area contributed by atoms with E-state index < -0.39 is 0 Å². The Morgan fingerprint density at radius 1 is 1.36 bits per heavy atom. The largest absolute Gasteiger partial charge is 0.375 e. The molecule has 0 saturated heterocycles. The fraction of sp³-hybridized carbons (Fsp3) is 0.312. The number of hydrogen-bond donors (Lipinski definition) is 2. The Labute approximate surface area is 134 Å². The molecule has 2 aromatic rings. The number of benzene rings is 1. The van der Waals surface area contributed by atoms with Crippen molar-refractivity contribution in [2.75, 3.05) is 25.5 Å². The van der Waals surface area contributed by atoms with Crippen LogP contribution in [0.2, 0.25) is 0 Å². The van der Waals surface area contributed by atoms with Crippen molar-refractivity contribution in [1.82, 2.24) is 5.32 Å². The number of nitrogens with zero attached hydrogens (tertiary/aromatic N) is 2. The van der Waals surface area contributed by atoms with E-state index in [9.17, 15) is 4.39 Å². The second-order valence-corrected chi connectivity index (χ2v) is 6.17. The number of nitrogens with two attached hydrogens (primary N) is 1. The summed E-state index contributed by atoms with van der Waals surface area (Å²) in [5.74, 6) is 0.135. The maximum Gasteiger partial charge on any atom is 0.188 e. The summed E-state index contributed by atoms with van der Waals surface area (Å²) in [6, 6.07) is 9.23. The van der Waals surface area contributed by atoms with Crippen LogP contribution in [0.15, 0.2) is 40.7 Å². The first-order valence-electron chi connectivity index (χ1n) is 7.08. The number of thiophene rings is 1. The number of hydrogen-bond acceptors (Lipinski definition) is 3. The molecule has 0 unspecified atom stereocenters. The monoisotopic (exact) mass is 320 g/mol. The summed E-state index contributed by atoms with van der Waals surface area (Å²) < 4.78 is 13.8. The van der Waals surface area contributed by atoms with Crippen molar-refractivity contribution in [3.8, 4) is 0 Å². The van der Waals surface area contributed by atoms with E-state index in [-0.39, 0.29) is 5.82 Å². The molecule has 0 aliphatic carbocycles. The summed E-state index contributed by atoms with van der Waals surface area (Å²) in [4.78, 5) is 7.28. The number of halogens is 1. The third-order valence-electron chi connectivity index (χ3n) is 3.18. The Morgan fingerprint density at radius 2 is 2.18 bits per heavy atom. The van der Waals surface area contributed by atoms with Crippen molar-refractivity contribution in [2.45, 2.75) is 13.0 Å². The smallest absolute Gasteiger partial charge is 0.188 e. The molecule has 2 rings (SSSR count). The lowest BCUT2D eigenvalue weighted by atomic mass is 10.2. The van der Waals surface area contributed by atoms with E-state index in [1.807, 2.05) is 26.2 Å². The molecule has 6 heteroatoms. The van der Waals surface area contributed by atoms with Crippen LogP contribution in [0.25, 0.3) is 0 Å². The number of rotatable bonds is 6. The van der Waals surface area contributed by atoms with Gasteiger partial charge in [0.25, 0.3) is 0 Å². The Bertz CT molecular complexity index is 623. The molecule has 0 atom stereocenters. The van der Waals surface area contributed by atoms with Gasteiger partial charge in [0.2, 0.25) is 0 Å².